The maximum Gasteiger partial charge on any atom is 0.491 e. The Bertz CT molecular complexity index is 483. The molecule has 0 aromatic carbocycles. The van der Waals surface area contributed by atoms with E-state index in [4.69, 9.17) is 9.31 Å². The molecule has 0 bridgehead atoms. The van der Waals surface area contributed by atoms with Gasteiger partial charge in [0.05, 0.1) is 22.9 Å². The number of allylic oxidation sites excluding steroid dienone is 1. The highest BCUT2D eigenvalue weighted by Gasteiger charge is 2.53. The second-order valence-corrected chi connectivity index (χ2v) is 7.14. The molecule has 1 aromatic rings. The Kier molecular flexibility index (Phi) is 3.07. The Balaban J connectivity index is 1.70. The van der Waals surface area contributed by atoms with Crippen LogP contribution in [-0.4, -0.2) is 27.9 Å². The number of aromatic nitrogens is 2. The van der Waals surface area contributed by atoms with Crippen LogP contribution in [0.1, 0.15) is 39.5 Å². The minimum Gasteiger partial charge on any atom is -0.400 e. The van der Waals surface area contributed by atoms with Crippen LogP contribution in [0.2, 0.25) is 0 Å². The van der Waals surface area contributed by atoms with Crippen molar-refractivity contribution in [2.75, 3.05) is 0 Å². The fourth-order valence-electron chi connectivity index (χ4n) is 2.23. The molecule has 19 heavy (non-hydrogen) atoms. The molecule has 0 N–H and O–H groups in total. The fraction of sp³-hybridized carbons (Fsp3) is 0.615. The van der Waals surface area contributed by atoms with Crippen LogP contribution in [-0.2, 0) is 9.31 Å². The topological polar surface area (TPSA) is 36.3 Å². The van der Waals surface area contributed by atoms with E-state index in [-0.39, 0.29) is 18.3 Å². The summed E-state index contributed by atoms with van der Waals surface area (Å²) in [7, 11) is -0.217. The van der Waals surface area contributed by atoms with Gasteiger partial charge in [-0.05, 0) is 45.0 Å². The van der Waals surface area contributed by atoms with Crippen LogP contribution >= 0.6 is 11.8 Å². The Morgan fingerprint density at radius 3 is 2.58 bits per heavy atom. The summed E-state index contributed by atoms with van der Waals surface area (Å²) in [6.45, 7) is 8.35. The number of nitrogens with zero attached hydrogens (tertiary/aromatic N) is 2. The van der Waals surface area contributed by atoms with Gasteiger partial charge in [-0.2, -0.15) is 0 Å². The average Bonchev–Trinajstić information content (AvgIpc) is 3.00. The third-order valence-electron chi connectivity index (χ3n) is 4.20. The molecule has 102 valence electrons. The fourth-order valence-corrected chi connectivity index (χ4v) is 3.32. The predicted molar refractivity (Wildman–Crippen MR) is 77.6 cm³/mol. The second kappa shape index (κ2) is 4.40. The highest BCUT2D eigenvalue weighted by atomic mass is 32.2. The lowest BCUT2D eigenvalue weighted by Gasteiger charge is -2.32. The van der Waals surface area contributed by atoms with Crippen molar-refractivity contribution in [2.24, 2.45) is 0 Å². The first-order valence-electron chi connectivity index (χ1n) is 6.56. The monoisotopic (exact) mass is 278 g/mol. The van der Waals surface area contributed by atoms with Crippen LogP contribution in [0.15, 0.2) is 29.6 Å². The molecule has 6 heteroatoms. The summed E-state index contributed by atoms with van der Waals surface area (Å²) in [6, 6.07) is 0. The molecule has 3 heterocycles. The van der Waals surface area contributed by atoms with Gasteiger partial charge in [-0.1, -0.05) is 0 Å². The highest BCUT2D eigenvalue weighted by molar-refractivity contribution is 8.02. The summed E-state index contributed by atoms with van der Waals surface area (Å²) >= 11 is 1.80. The van der Waals surface area contributed by atoms with Crippen molar-refractivity contribution in [3.05, 3.63) is 29.6 Å². The van der Waals surface area contributed by atoms with Gasteiger partial charge >= 0.3 is 7.12 Å². The molecular weight excluding hydrogens is 259 g/mol. The Morgan fingerprint density at radius 1 is 1.32 bits per heavy atom. The summed E-state index contributed by atoms with van der Waals surface area (Å²) in [6.07, 6.45) is 6.61. The van der Waals surface area contributed by atoms with Crippen molar-refractivity contribution in [3.63, 3.8) is 0 Å². The van der Waals surface area contributed by atoms with E-state index in [1.54, 1.807) is 11.8 Å². The minimum absolute atomic E-state index is 0.217. The van der Waals surface area contributed by atoms with E-state index in [0.717, 1.165) is 6.42 Å². The van der Waals surface area contributed by atoms with Crippen LogP contribution < -0.4 is 0 Å². The van der Waals surface area contributed by atoms with Crippen LogP contribution in [0.3, 0.4) is 0 Å². The third-order valence-corrected chi connectivity index (χ3v) is 5.36. The molecule has 4 nitrogen and oxygen atoms in total. The number of thioether (sulfide) groups is 1. The van der Waals surface area contributed by atoms with Crippen molar-refractivity contribution >= 4 is 18.9 Å². The smallest absolute Gasteiger partial charge is 0.400 e. The summed E-state index contributed by atoms with van der Waals surface area (Å²) in [5.74, 6) is 0. The van der Waals surface area contributed by atoms with Gasteiger partial charge < -0.3 is 13.9 Å². The Labute approximate surface area is 118 Å². The van der Waals surface area contributed by atoms with Gasteiger partial charge in [0, 0.05) is 12.4 Å². The minimum atomic E-state index is -0.268. The lowest BCUT2D eigenvalue weighted by atomic mass is 9.77. The molecule has 1 fully saturated rings. The largest absolute Gasteiger partial charge is 0.491 e. The van der Waals surface area contributed by atoms with Crippen LogP contribution in [0.5, 0.6) is 0 Å². The molecule has 0 saturated carbocycles. The quantitative estimate of drug-likeness (QED) is 0.779. The number of hydrogen-bond donors (Lipinski definition) is 0. The molecule has 2 aliphatic rings. The van der Waals surface area contributed by atoms with Gasteiger partial charge in [-0.3, -0.25) is 0 Å². The SMILES string of the molecule is CC1(C)OB(C2=CSC(n3ccnc3)C2)OC1(C)C. The molecule has 3 rings (SSSR count). The number of imidazole rings is 1. The summed E-state index contributed by atoms with van der Waals surface area (Å²) in [5.41, 5.74) is 0.689. The van der Waals surface area contributed by atoms with Gasteiger partial charge in [-0.25, -0.2) is 4.98 Å². The third kappa shape index (κ3) is 2.26. The molecule has 0 aliphatic carbocycles. The van der Waals surface area contributed by atoms with E-state index < -0.39 is 0 Å². The van der Waals surface area contributed by atoms with E-state index >= 15 is 0 Å². The van der Waals surface area contributed by atoms with E-state index in [1.807, 2.05) is 18.7 Å². The zero-order chi connectivity index (χ0) is 13.7. The molecule has 0 spiro atoms. The Hall–Kier alpha value is -0.715. The highest BCUT2D eigenvalue weighted by Crippen LogP contribution is 2.45. The van der Waals surface area contributed by atoms with Crippen molar-refractivity contribution in [2.45, 2.75) is 50.7 Å². The van der Waals surface area contributed by atoms with Gasteiger partial charge in [0.25, 0.3) is 0 Å². The van der Waals surface area contributed by atoms with E-state index in [2.05, 4.69) is 42.7 Å². The van der Waals surface area contributed by atoms with Crippen molar-refractivity contribution in [1.29, 1.82) is 0 Å². The Morgan fingerprint density at radius 2 is 2.00 bits per heavy atom. The molecule has 0 radical (unpaired) electrons. The average molecular weight is 278 g/mol. The maximum atomic E-state index is 6.08. The molecule has 1 saturated heterocycles. The molecular formula is C13H19BN2O2S. The molecule has 1 aromatic heterocycles. The van der Waals surface area contributed by atoms with Crippen LogP contribution in [0.25, 0.3) is 0 Å². The summed E-state index contributed by atoms with van der Waals surface area (Å²) in [4.78, 5) is 4.10. The normalized spacial score (nSPS) is 28.7. The standard InChI is InChI=1S/C13H19BN2O2S/c1-12(2)13(3,4)18-14(17-12)10-7-11(19-8-10)16-6-5-15-9-16/h5-6,8-9,11H,7H2,1-4H3. The van der Waals surface area contributed by atoms with E-state index in [0.29, 0.717) is 5.37 Å². The maximum absolute atomic E-state index is 6.08. The van der Waals surface area contributed by atoms with Gasteiger partial charge in [0.2, 0.25) is 0 Å². The second-order valence-electron chi connectivity index (χ2n) is 6.09. The van der Waals surface area contributed by atoms with Gasteiger partial charge in [0.15, 0.2) is 0 Å². The molecule has 2 aliphatic heterocycles. The molecule has 0 amide bonds. The van der Waals surface area contributed by atoms with Gasteiger partial charge in [-0.15, -0.1) is 11.8 Å². The molecule has 1 unspecified atom stereocenters. The van der Waals surface area contributed by atoms with Crippen molar-refractivity contribution in [1.82, 2.24) is 9.55 Å². The summed E-state index contributed by atoms with van der Waals surface area (Å²) < 4.78 is 14.3. The lowest BCUT2D eigenvalue weighted by molar-refractivity contribution is 0.00578. The number of hydrogen-bond acceptors (Lipinski definition) is 4. The van der Waals surface area contributed by atoms with E-state index in [9.17, 15) is 0 Å². The zero-order valence-electron chi connectivity index (χ0n) is 11.8. The van der Waals surface area contributed by atoms with Crippen LogP contribution in [0.4, 0.5) is 0 Å². The first-order chi connectivity index (χ1) is 8.89. The van der Waals surface area contributed by atoms with Crippen molar-refractivity contribution < 1.29 is 9.31 Å². The zero-order valence-corrected chi connectivity index (χ0v) is 12.6. The van der Waals surface area contributed by atoms with Crippen LogP contribution in [0, 0.1) is 0 Å². The first kappa shape index (κ1) is 13.3. The first-order valence-corrected chi connectivity index (χ1v) is 7.51. The van der Waals surface area contributed by atoms with E-state index in [1.165, 1.54) is 5.47 Å². The van der Waals surface area contributed by atoms with Gasteiger partial charge in [0.1, 0.15) is 0 Å². The number of rotatable bonds is 2. The summed E-state index contributed by atoms with van der Waals surface area (Å²) in [5, 5.41) is 2.55. The molecule has 1 atom stereocenters. The predicted octanol–water partition coefficient (Wildman–Crippen LogP) is 3.03. The van der Waals surface area contributed by atoms with Crippen molar-refractivity contribution in [3.8, 4) is 0 Å². The lowest BCUT2D eigenvalue weighted by Crippen LogP contribution is -2.41.